The van der Waals surface area contributed by atoms with Gasteiger partial charge in [0.15, 0.2) is 0 Å². The van der Waals surface area contributed by atoms with E-state index in [2.05, 4.69) is 40.7 Å². The first kappa shape index (κ1) is 26.5. The van der Waals surface area contributed by atoms with Crippen LogP contribution in [0.4, 0.5) is 0 Å². The Bertz CT molecular complexity index is 872. The van der Waals surface area contributed by atoms with Crippen molar-refractivity contribution in [2.45, 2.75) is 131 Å². The van der Waals surface area contributed by atoms with Crippen molar-refractivity contribution < 1.29 is 14.3 Å². The van der Waals surface area contributed by atoms with E-state index in [0.29, 0.717) is 18.3 Å². The smallest absolute Gasteiger partial charge is 0.316 e. The van der Waals surface area contributed by atoms with Gasteiger partial charge in [0.1, 0.15) is 17.8 Å². The van der Waals surface area contributed by atoms with Gasteiger partial charge in [-0.1, -0.05) is 65.5 Å². The highest BCUT2D eigenvalue weighted by molar-refractivity contribution is 6.00. The highest BCUT2D eigenvalue weighted by Gasteiger charge is 2.59. The zero-order chi connectivity index (χ0) is 25.7. The Balaban J connectivity index is 1.24. The van der Waals surface area contributed by atoms with Crippen LogP contribution < -0.4 is 0 Å². The molecule has 0 saturated heterocycles. The summed E-state index contributed by atoms with van der Waals surface area (Å²) in [5.74, 6) is 4.46. The topological polar surface area (TPSA) is 43.4 Å². The van der Waals surface area contributed by atoms with Crippen molar-refractivity contribution in [3.05, 3.63) is 11.6 Å². The number of carbonyl (C=O) groups is 2. The monoisotopic (exact) mass is 496 g/mol. The first-order valence-electron chi connectivity index (χ1n) is 15.6. The lowest BCUT2D eigenvalue weighted by atomic mass is 9.47. The standard InChI is InChI=1S/C33H52O3/c1-21(2)8-6-9-22(3)27-14-15-28-25-13-12-23-20-24(36-31(35)26-10-7-11-30(26)34)16-18-32(23,4)29(25)17-19-33(27,28)5/h12,21-22,24-29H,6-11,13-20H2,1-5H3/t22-,24+,25+,26?,27-,28+,29+,32+,33-/m1/s1. The molecule has 4 fully saturated rings. The minimum absolute atomic E-state index is 0.0295. The highest BCUT2D eigenvalue weighted by Crippen LogP contribution is 2.67. The number of allylic oxidation sites excluding steroid dienone is 1. The summed E-state index contributed by atoms with van der Waals surface area (Å²) in [7, 11) is 0. The zero-order valence-corrected chi connectivity index (χ0v) is 23.8. The van der Waals surface area contributed by atoms with Crippen molar-refractivity contribution in [1.82, 2.24) is 0 Å². The van der Waals surface area contributed by atoms with Crippen LogP contribution in [0.25, 0.3) is 0 Å². The van der Waals surface area contributed by atoms with Gasteiger partial charge >= 0.3 is 5.97 Å². The molecule has 0 aromatic rings. The SMILES string of the molecule is CC(C)CCC[C@@H](C)[C@H]1CC[C@H]2[C@@H]3CC=C4C[C@@H](OC(=O)C5CCCC5=O)CC[C@]4(C)[C@H]3CC[C@]12C. The molecule has 9 atom stereocenters. The molecule has 1 unspecified atom stereocenters. The molecule has 3 nitrogen and oxygen atoms in total. The summed E-state index contributed by atoms with van der Waals surface area (Å²) in [5, 5.41) is 0. The molecule has 202 valence electrons. The summed E-state index contributed by atoms with van der Waals surface area (Å²) in [4.78, 5) is 24.7. The summed E-state index contributed by atoms with van der Waals surface area (Å²) >= 11 is 0. The van der Waals surface area contributed by atoms with E-state index in [0.717, 1.165) is 61.2 Å². The first-order chi connectivity index (χ1) is 17.1. The fourth-order valence-electron chi connectivity index (χ4n) is 10.1. The number of ether oxygens (including phenoxy) is 1. The highest BCUT2D eigenvalue weighted by atomic mass is 16.5. The molecule has 0 aromatic carbocycles. The summed E-state index contributed by atoms with van der Waals surface area (Å²) in [6.07, 6.45) is 18.7. The third-order valence-electron chi connectivity index (χ3n) is 12.1. The molecule has 5 aliphatic carbocycles. The van der Waals surface area contributed by atoms with Gasteiger partial charge in [-0.25, -0.2) is 0 Å². The lowest BCUT2D eigenvalue weighted by molar-refractivity contribution is -0.158. The number of esters is 1. The zero-order valence-electron chi connectivity index (χ0n) is 23.8. The average Bonchev–Trinajstić information content (AvgIpc) is 3.41. The molecule has 3 heteroatoms. The third kappa shape index (κ3) is 4.64. The van der Waals surface area contributed by atoms with Gasteiger partial charge < -0.3 is 4.74 Å². The van der Waals surface area contributed by atoms with Gasteiger partial charge in [-0.15, -0.1) is 0 Å². The molecule has 5 rings (SSSR count). The van der Waals surface area contributed by atoms with Gasteiger partial charge in [0.25, 0.3) is 0 Å². The van der Waals surface area contributed by atoms with Gasteiger partial charge in [-0.3, -0.25) is 9.59 Å². The van der Waals surface area contributed by atoms with Crippen LogP contribution in [-0.2, 0) is 14.3 Å². The van der Waals surface area contributed by atoms with E-state index in [1.165, 1.54) is 51.4 Å². The van der Waals surface area contributed by atoms with E-state index < -0.39 is 5.92 Å². The van der Waals surface area contributed by atoms with Gasteiger partial charge in [-0.05, 0) is 104 Å². The molecule has 0 aromatic heterocycles. The molecule has 0 spiro atoms. The minimum Gasteiger partial charge on any atom is -0.461 e. The van der Waals surface area contributed by atoms with Gasteiger partial charge in [-0.2, -0.15) is 0 Å². The fourth-order valence-corrected chi connectivity index (χ4v) is 10.1. The molecule has 0 amide bonds. The van der Waals surface area contributed by atoms with Crippen molar-refractivity contribution in [3.63, 3.8) is 0 Å². The van der Waals surface area contributed by atoms with Gasteiger partial charge in [0.05, 0.1) is 0 Å². The maximum Gasteiger partial charge on any atom is 0.316 e. The minimum atomic E-state index is -0.484. The lowest BCUT2D eigenvalue weighted by Gasteiger charge is -2.58. The third-order valence-corrected chi connectivity index (χ3v) is 12.1. The second-order valence-corrected chi connectivity index (χ2v) is 14.5. The largest absolute Gasteiger partial charge is 0.461 e. The predicted molar refractivity (Wildman–Crippen MR) is 145 cm³/mol. The van der Waals surface area contributed by atoms with Crippen LogP contribution in [0.1, 0.15) is 125 Å². The average molecular weight is 497 g/mol. The van der Waals surface area contributed by atoms with Crippen LogP contribution in [0.15, 0.2) is 11.6 Å². The number of hydrogen-bond donors (Lipinski definition) is 0. The van der Waals surface area contributed by atoms with Crippen LogP contribution in [0, 0.1) is 52.3 Å². The maximum absolute atomic E-state index is 12.7. The lowest BCUT2D eigenvalue weighted by Crippen LogP contribution is -2.51. The second-order valence-electron chi connectivity index (χ2n) is 14.5. The van der Waals surface area contributed by atoms with Crippen molar-refractivity contribution in [3.8, 4) is 0 Å². The molecule has 0 heterocycles. The van der Waals surface area contributed by atoms with Crippen molar-refractivity contribution >= 4 is 11.8 Å². The number of rotatable bonds is 7. The number of ketones is 1. The van der Waals surface area contributed by atoms with E-state index in [4.69, 9.17) is 4.74 Å². The molecular formula is C33H52O3. The second kappa shape index (κ2) is 10.2. The van der Waals surface area contributed by atoms with Gasteiger partial charge in [0, 0.05) is 12.8 Å². The number of carbonyl (C=O) groups excluding carboxylic acids is 2. The Morgan fingerprint density at radius 2 is 1.83 bits per heavy atom. The van der Waals surface area contributed by atoms with Crippen molar-refractivity contribution in [1.29, 1.82) is 0 Å². The molecule has 0 N–H and O–H groups in total. The molecule has 0 radical (unpaired) electrons. The van der Waals surface area contributed by atoms with E-state index in [-0.39, 0.29) is 23.3 Å². The fraction of sp³-hybridized carbons (Fsp3) is 0.879. The summed E-state index contributed by atoms with van der Waals surface area (Å²) in [6.45, 7) is 12.5. The van der Waals surface area contributed by atoms with E-state index in [9.17, 15) is 9.59 Å². The Kier molecular flexibility index (Phi) is 7.52. The molecule has 4 saturated carbocycles. The summed E-state index contributed by atoms with van der Waals surface area (Å²) < 4.78 is 5.95. The molecule has 0 aliphatic heterocycles. The van der Waals surface area contributed by atoms with Crippen LogP contribution >= 0.6 is 0 Å². The quantitative estimate of drug-likeness (QED) is 0.202. The molecule has 36 heavy (non-hydrogen) atoms. The van der Waals surface area contributed by atoms with E-state index >= 15 is 0 Å². The maximum atomic E-state index is 12.7. The Morgan fingerprint density at radius 1 is 1.03 bits per heavy atom. The Morgan fingerprint density at radius 3 is 2.56 bits per heavy atom. The summed E-state index contributed by atoms with van der Waals surface area (Å²) in [6, 6.07) is 0. The number of fused-ring (bicyclic) bond motifs is 5. The normalized spacial score (nSPS) is 42.9. The van der Waals surface area contributed by atoms with Crippen LogP contribution in [0.5, 0.6) is 0 Å². The molecule has 5 aliphatic rings. The van der Waals surface area contributed by atoms with E-state index in [1.54, 1.807) is 5.57 Å². The van der Waals surface area contributed by atoms with Crippen molar-refractivity contribution in [2.24, 2.45) is 52.3 Å². The number of hydrogen-bond acceptors (Lipinski definition) is 3. The molecular weight excluding hydrogens is 444 g/mol. The van der Waals surface area contributed by atoms with E-state index in [1.807, 2.05) is 0 Å². The van der Waals surface area contributed by atoms with Crippen LogP contribution in [0.2, 0.25) is 0 Å². The Labute approximate surface area is 220 Å². The van der Waals surface area contributed by atoms with Gasteiger partial charge in [0.2, 0.25) is 0 Å². The number of Topliss-reactive ketones (excluding diaryl/α,β-unsaturated/α-hetero) is 1. The Hall–Kier alpha value is -1.12. The molecule has 0 bridgehead atoms. The van der Waals surface area contributed by atoms with Crippen LogP contribution in [-0.4, -0.2) is 17.9 Å². The first-order valence-corrected chi connectivity index (χ1v) is 15.6. The summed E-state index contributed by atoms with van der Waals surface area (Å²) in [5.41, 5.74) is 2.36. The van der Waals surface area contributed by atoms with Crippen LogP contribution in [0.3, 0.4) is 0 Å². The predicted octanol–water partition coefficient (Wildman–Crippen LogP) is 8.31. The van der Waals surface area contributed by atoms with Crippen molar-refractivity contribution in [2.75, 3.05) is 0 Å².